The fourth-order valence-electron chi connectivity index (χ4n) is 3.46. The van der Waals surface area contributed by atoms with E-state index in [1.54, 1.807) is 6.08 Å². The molecule has 3 aliphatic rings. The average Bonchev–Trinajstić information content (AvgIpc) is 2.70. The third-order valence-corrected chi connectivity index (χ3v) is 4.02. The first-order valence-electron chi connectivity index (χ1n) is 5.18. The second kappa shape index (κ2) is 2.34. The van der Waals surface area contributed by atoms with Crippen LogP contribution in [0.1, 0.15) is 13.3 Å². The molecule has 0 radical (unpaired) electrons. The molecule has 0 heterocycles. The van der Waals surface area contributed by atoms with E-state index in [4.69, 9.17) is 0 Å². The van der Waals surface area contributed by atoms with Crippen LogP contribution in [-0.2, 0) is 4.79 Å². The fourth-order valence-corrected chi connectivity index (χ4v) is 3.46. The van der Waals surface area contributed by atoms with E-state index in [2.05, 4.69) is 25.2 Å². The van der Waals surface area contributed by atoms with Crippen molar-refractivity contribution in [1.29, 1.82) is 0 Å². The number of carbonyl (C=O) groups is 1. The number of hydrogen-bond acceptors (Lipinski definition) is 1. The van der Waals surface area contributed by atoms with E-state index in [9.17, 15) is 4.79 Å². The molecule has 1 fully saturated rings. The number of rotatable bonds is 0. The van der Waals surface area contributed by atoms with Gasteiger partial charge in [0.25, 0.3) is 0 Å². The van der Waals surface area contributed by atoms with Crippen molar-refractivity contribution >= 4 is 5.78 Å². The molecule has 3 aliphatic carbocycles. The Morgan fingerprint density at radius 3 is 2.77 bits per heavy atom. The van der Waals surface area contributed by atoms with Crippen LogP contribution in [0, 0.1) is 29.6 Å². The maximum Gasteiger partial charge on any atom is 0.159 e. The topological polar surface area (TPSA) is 17.1 Å². The molecule has 0 aromatic heterocycles. The Morgan fingerprint density at radius 2 is 2.00 bits per heavy atom. The van der Waals surface area contributed by atoms with Crippen molar-refractivity contribution in [1.82, 2.24) is 0 Å². The van der Waals surface area contributed by atoms with Gasteiger partial charge < -0.3 is 0 Å². The summed E-state index contributed by atoms with van der Waals surface area (Å²) in [4.78, 5) is 11.7. The first kappa shape index (κ1) is 7.54. The second-order valence-corrected chi connectivity index (χ2v) is 4.67. The normalized spacial score (nSPS) is 51.5. The van der Waals surface area contributed by atoms with Crippen LogP contribution in [0.2, 0.25) is 0 Å². The Hall–Kier alpha value is -0.850. The minimum absolute atomic E-state index is 0.329. The zero-order valence-corrected chi connectivity index (χ0v) is 7.81. The summed E-state index contributed by atoms with van der Waals surface area (Å²) < 4.78 is 0. The number of fused-ring (bicyclic) bond motifs is 5. The van der Waals surface area contributed by atoms with E-state index in [0.29, 0.717) is 35.4 Å². The molecule has 0 saturated heterocycles. The number of hydrogen-bond donors (Lipinski definition) is 0. The first-order chi connectivity index (χ1) is 6.27. The molecule has 0 amide bonds. The van der Waals surface area contributed by atoms with Gasteiger partial charge in [-0.1, -0.05) is 25.2 Å². The Morgan fingerprint density at radius 1 is 1.23 bits per heavy atom. The predicted octanol–water partition coefficient (Wildman–Crippen LogP) is 2.20. The minimum Gasteiger partial charge on any atom is -0.295 e. The quantitative estimate of drug-likeness (QED) is 0.514. The summed E-state index contributed by atoms with van der Waals surface area (Å²) in [6.45, 7) is 2.25. The molecular formula is C12H14O. The van der Waals surface area contributed by atoms with Crippen molar-refractivity contribution in [3.63, 3.8) is 0 Å². The summed E-state index contributed by atoms with van der Waals surface area (Å²) in [5.74, 6) is 3.18. The van der Waals surface area contributed by atoms with Crippen LogP contribution in [0.25, 0.3) is 0 Å². The second-order valence-electron chi connectivity index (χ2n) is 4.67. The molecule has 3 rings (SSSR count). The van der Waals surface area contributed by atoms with Gasteiger partial charge in [0, 0.05) is 5.92 Å². The Labute approximate surface area is 78.5 Å². The third kappa shape index (κ3) is 0.849. The van der Waals surface area contributed by atoms with Crippen LogP contribution in [-0.4, -0.2) is 5.78 Å². The van der Waals surface area contributed by atoms with E-state index in [1.165, 1.54) is 6.42 Å². The van der Waals surface area contributed by atoms with Gasteiger partial charge in [0.2, 0.25) is 0 Å². The van der Waals surface area contributed by atoms with E-state index < -0.39 is 0 Å². The number of ketones is 1. The van der Waals surface area contributed by atoms with Crippen LogP contribution >= 0.6 is 0 Å². The van der Waals surface area contributed by atoms with E-state index in [0.717, 1.165) is 0 Å². The summed E-state index contributed by atoms with van der Waals surface area (Å²) in [6, 6.07) is 0. The molecule has 13 heavy (non-hydrogen) atoms. The zero-order valence-electron chi connectivity index (χ0n) is 7.81. The molecule has 1 saturated carbocycles. The summed E-state index contributed by atoms with van der Waals surface area (Å²) in [6.07, 6.45) is 9.72. The summed E-state index contributed by atoms with van der Waals surface area (Å²) in [7, 11) is 0. The first-order valence-corrected chi connectivity index (χ1v) is 5.18. The Kier molecular flexibility index (Phi) is 1.36. The maximum atomic E-state index is 11.7. The van der Waals surface area contributed by atoms with Crippen LogP contribution < -0.4 is 0 Å². The van der Waals surface area contributed by atoms with Gasteiger partial charge in [0.05, 0.1) is 0 Å². The Balaban J connectivity index is 2.05. The Bertz CT molecular complexity index is 313. The predicted molar refractivity (Wildman–Crippen MR) is 51.0 cm³/mol. The standard InChI is InChI=1S/C12H14O/c1-7-2-5-10(13)12-9-4-3-8(6-9)11(7)12/h2-5,7-9,11-12H,6H2,1H3. The molecule has 1 heteroatoms. The minimum atomic E-state index is 0.329. The lowest BCUT2D eigenvalue weighted by molar-refractivity contribution is -0.121. The lowest BCUT2D eigenvalue weighted by atomic mass is 9.70. The van der Waals surface area contributed by atoms with Gasteiger partial charge >= 0.3 is 0 Å². The van der Waals surface area contributed by atoms with E-state index >= 15 is 0 Å². The van der Waals surface area contributed by atoms with Crippen LogP contribution in [0.15, 0.2) is 24.3 Å². The molecule has 5 unspecified atom stereocenters. The van der Waals surface area contributed by atoms with Crippen LogP contribution in [0.5, 0.6) is 0 Å². The smallest absolute Gasteiger partial charge is 0.159 e. The van der Waals surface area contributed by atoms with Crippen molar-refractivity contribution in [3.05, 3.63) is 24.3 Å². The number of allylic oxidation sites excluding steroid dienone is 4. The van der Waals surface area contributed by atoms with E-state index in [1.807, 2.05) is 0 Å². The molecule has 5 atom stereocenters. The lowest BCUT2D eigenvalue weighted by Gasteiger charge is -2.32. The summed E-state index contributed by atoms with van der Waals surface area (Å²) in [5.41, 5.74) is 0. The monoisotopic (exact) mass is 174 g/mol. The van der Waals surface area contributed by atoms with Gasteiger partial charge in [0.1, 0.15) is 0 Å². The molecule has 68 valence electrons. The SMILES string of the molecule is CC1C=CC(=O)C2C3C=CC(C3)C12. The number of carbonyl (C=O) groups excluding carboxylic acids is 1. The summed E-state index contributed by atoms with van der Waals surface area (Å²) >= 11 is 0. The van der Waals surface area contributed by atoms with Crippen LogP contribution in [0.3, 0.4) is 0 Å². The van der Waals surface area contributed by atoms with Crippen molar-refractivity contribution < 1.29 is 4.79 Å². The molecule has 2 bridgehead atoms. The fraction of sp³-hybridized carbons (Fsp3) is 0.583. The lowest BCUT2D eigenvalue weighted by Crippen LogP contribution is -2.33. The molecule has 0 aromatic carbocycles. The van der Waals surface area contributed by atoms with Gasteiger partial charge in [-0.05, 0) is 36.2 Å². The highest BCUT2D eigenvalue weighted by molar-refractivity contribution is 5.93. The molecule has 0 aliphatic heterocycles. The maximum absolute atomic E-state index is 11.7. The zero-order chi connectivity index (χ0) is 9.00. The molecular weight excluding hydrogens is 160 g/mol. The van der Waals surface area contributed by atoms with E-state index in [-0.39, 0.29) is 0 Å². The van der Waals surface area contributed by atoms with Gasteiger partial charge in [-0.2, -0.15) is 0 Å². The molecule has 0 spiro atoms. The van der Waals surface area contributed by atoms with Crippen molar-refractivity contribution in [2.75, 3.05) is 0 Å². The highest BCUT2D eigenvalue weighted by atomic mass is 16.1. The molecule has 0 aromatic rings. The van der Waals surface area contributed by atoms with Gasteiger partial charge in [0.15, 0.2) is 5.78 Å². The average molecular weight is 174 g/mol. The summed E-state index contributed by atoms with van der Waals surface area (Å²) in [5, 5.41) is 0. The highest BCUT2D eigenvalue weighted by Crippen LogP contribution is 2.53. The molecule has 1 nitrogen and oxygen atoms in total. The van der Waals surface area contributed by atoms with Crippen LogP contribution in [0.4, 0.5) is 0 Å². The largest absolute Gasteiger partial charge is 0.295 e. The highest BCUT2D eigenvalue weighted by Gasteiger charge is 2.49. The van der Waals surface area contributed by atoms with Crippen molar-refractivity contribution in [2.45, 2.75) is 13.3 Å². The van der Waals surface area contributed by atoms with Crippen molar-refractivity contribution in [2.24, 2.45) is 29.6 Å². The van der Waals surface area contributed by atoms with Gasteiger partial charge in [-0.15, -0.1) is 0 Å². The van der Waals surface area contributed by atoms with Crippen molar-refractivity contribution in [3.8, 4) is 0 Å². The third-order valence-electron chi connectivity index (χ3n) is 4.02. The van der Waals surface area contributed by atoms with Gasteiger partial charge in [-0.3, -0.25) is 4.79 Å². The molecule has 0 N–H and O–H groups in total. The van der Waals surface area contributed by atoms with Gasteiger partial charge in [-0.25, -0.2) is 0 Å².